The first kappa shape index (κ1) is 40.3. The van der Waals surface area contributed by atoms with E-state index in [4.69, 9.17) is 25.9 Å². The van der Waals surface area contributed by atoms with Gasteiger partial charge < -0.3 is 29.5 Å². The van der Waals surface area contributed by atoms with Gasteiger partial charge in [0.25, 0.3) is 5.91 Å². The highest BCUT2D eigenvalue weighted by Crippen LogP contribution is 2.45. The van der Waals surface area contributed by atoms with Gasteiger partial charge in [-0.1, -0.05) is 55.3 Å². The van der Waals surface area contributed by atoms with Crippen LogP contribution in [0, 0.1) is 12.4 Å². The van der Waals surface area contributed by atoms with Gasteiger partial charge in [-0.25, -0.2) is 14.0 Å². The number of hydrogen-bond acceptors (Lipinski definition) is 7. The number of rotatable bonds is 15. The molecule has 2 amide bonds. The van der Waals surface area contributed by atoms with Crippen molar-refractivity contribution in [1.29, 1.82) is 0 Å². The average Bonchev–Trinajstić information content (AvgIpc) is 3.72. The Kier molecular flexibility index (Phi) is 13.0. The van der Waals surface area contributed by atoms with Gasteiger partial charge in [-0.05, 0) is 106 Å². The lowest BCUT2D eigenvalue weighted by atomic mass is 9.97. The second kappa shape index (κ2) is 18.0. The lowest BCUT2D eigenvalue weighted by molar-refractivity contribution is -0.137. The Hall–Kier alpha value is -5.41. The van der Waals surface area contributed by atoms with Crippen molar-refractivity contribution in [2.45, 2.75) is 109 Å². The van der Waals surface area contributed by atoms with Gasteiger partial charge in [0.05, 0.1) is 18.1 Å². The van der Waals surface area contributed by atoms with E-state index < -0.39 is 23.5 Å². The van der Waals surface area contributed by atoms with Crippen molar-refractivity contribution in [2.75, 3.05) is 6.61 Å². The van der Waals surface area contributed by atoms with Gasteiger partial charge in [0, 0.05) is 35.0 Å². The highest BCUT2D eigenvalue weighted by molar-refractivity contribution is 7.18. The first-order valence-electron chi connectivity index (χ1n) is 19.2. The number of piperidine rings is 1. The Morgan fingerprint density at radius 2 is 1.62 bits per heavy atom. The Balaban J connectivity index is 1.28. The van der Waals surface area contributed by atoms with E-state index in [0.717, 1.165) is 48.1 Å². The summed E-state index contributed by atoms with van der Waals surface area (Å²) < 4.78 is 33.1. The van der Waals surface area contributed by atoms with E-state index in [9.17, 15) is 14.4 Å². The highest BCUT2D eigenvalue weighted by Gasteiger charge is 2.44. The number of nitrogens with zero attached hydrogens (tertiary/aromatic N) is 2. The molecule has 0 saturated carbocycles. The van der Waals surface area contributed by atoms with Crippen LogP contribution < -0.4 is 14.8 Å². The van der Waals surface area contributed by atoms with E-state index >= 15 is 4.39 Å². The first-order valence-corrected chi connectivity index (χ1v) is 20.0. The number of carboxylic acid groups (broad SMARTS) is 1. The van der Waals surface area contributed by atoms with Crippen molar-refractivity contribution in [3.05, 3.63) is 100 Å². The molecule has 6 rings (SSSR count). The van der Waals surface area contributed by atoms with Gasteiger partial charge in [0.1, 0.15) is 18.0 Å². The molecule has 2 saturated heterocycles. The Morgan fingerprint density at radius 1 is 0.911 bits per heavy atom. The van der Waals surface area contributed by atoms with Crippen LogP contribution in [-0.2, 0) is 16.1 Å². The number of alkyl carbamates (subject to hydrolysis) is 1. The molecule has 56 heavy (non-hydrogen) atoms. The molecule has 2 aliphatic rings. The smallest absolute Gasteiger partial charge is 0.407 e. The second-order valence-corrected chi connectivity index (χ2v) is 16.4. The summed E-state index contributed by atoms with van der Waals surface area (Å²) in [7, 11) is 0. The average molecular weight is 782 g/mol. The number of amides is 2. The number of fused-ring (bicyclic) bond motifs is 2. The summed E-state index contributed by atoms with van der Waals surface area (Å²) in [6.45, 7) is 13.6. The molecule has 12 heteroatoms. The zero-order valence-corrected chi connectivity index (χ0v) is 32.8. The third kappa shape index (κ3) is 10.3. The van der Waals surface area contributed by atoms with Gasteiger partial charge >= 0.3 is 12.1 Å². The lowest BCUT2D eigenvalue weighted by Crippen LogP contribution is -2.52. The van der Waals surface area contributed by atoms with Crippen molar-refractivity contribution in [2.24, 2.45) is 0 Å². The van der Waals surface area contributed by atoms with Crippen molar-refractivity contribution < 1.29 is 38.1 Å². The fourth-order valence-corrected chi connectivity index (χ4v) is 8.57. The Morgan fingerprint density at radius 3 is 2.30 bits per heavy atom. The summed E-state index contributed by atoms with van der Waals surface area (Å²) in [6, 6.07) is 21.5. The molecule has 1 aromatic heterocycles. The van der Waals surface area contributed by atoms with Crippen LogP contribution in [0.1, 0.15) is 93.8 Å². The Labute approximate surface area is 331 Å². The number of hydrogen-bond donors (Lipinski definition) is 2. The molecule has 2 atom stereocenters. The molecule has 2 fully saturated rings. The zero-order valence-electron chi connectivity index (χ0n) is 32.0. The maximum atomic E-state index is 15.1. The molecule has 294 valence electrons. The van der Waals surface area contributed by atoms with Gasteiger partial charge in [-0.2, -0.15) is 0 Å². The monoisotopic (exact) mass is 781 g/mol. The van der Waals surface area contributed by atoms with E-state index in [1.54, 1.807) is 6.07 Å². The number of benzene rings is 3. The number of nitrogens with one attached hydrogen (secondary N) is 1. The Bertz CT molecular complexity index is 2060. The maximum absolute atomic E-state index is 15.1. The van der Waals surface area contributed by atoms with Crippen molar-refractivity contribution in [3.8, 4) is 33.1 Å². The SMILES string of the molecule is [C-]#[N+]c1ccc(-c2cc(C(=O)N3C4CCC3CC(NC(=O)OC(C)(C)C)C4)sc2-c2ccc(OCCCCCCC(=O)O)c(OCc3ccccc3)c2)cc1F. The quantitative estimate of drug-likeness (QED) is 0.0910. The van der Waals surface area contributed by atoms with Crippen LogP contribution in [0.2, 0.25) is 0 Å². The summed E-state index contributed by atoms with van der Waals surface area (Å²) in [5.74, 6) is -0.474. The predicted molar refractivity (Wildman–Crippen MR) is 214 cm³/mol. The summed E-state index contributed by atoms with van der Waals surface area (Å²) >= 11 is 1.33. The number of halogens is 1. The highest BCUT2D eigenvalue weighted by atomic mass is 32.1. The fourth-order valence-electron chi connectivity index (χ4n) is 7.45. The van der Waals surface area contributed by atoms with Gasteiger partial charge in [0.15, 0.2) is 11.5 Å². The third-order valence-electron chi connectivity index (χ3n) is 10.00. The van der Waals surface area contributed by atoms with Crippen molar-refractivity contribution in [1.82, 2.24) is 10.2 Å². The molecule has 2 N–H and O–H groups in total. The molecule has 0 spiro atoms. The molecule has 2 unspecified atom stereocenters. The van der Waals surface area contributed by atoms with E-state index in [0.29, 0.717) is 60.0 Å². The molecule has 10 nitrogen and oxygen atoms in total. The molecule has 3 aromatic carbocycles. The third-order valence-corrected chi connectivity index (χ3v) is 11.2. The predicted octanol–water partition coefficient (Wildman–Crippen LogP) is 10.4. The second-order valence-electron chi connectivity index (χ2n) is 15.4. The number of unbranched alkanes of at least 4 members (excludes halogenated alkanes) is 3. The van der Waals surface area contributed by atoms with E-state index in [1.807, 2.05) is 80.3 Å². The minimum atomic E-state index is -0.793. The molecule has 2 bridgehead atoms. The summed E-state index contributed by atoms with van der Waals surface area (Å²) in [5, 5.41) is 11.9. The molecule has 0 radical (unpaired) electrons. The molecule has 2 aliphatic heterocycles. The molecular weight excluding hydrogens is 734 g/mol. The van der Waals surface area contributed by atoms with E-state index in [2.05, 4.69) is 10.2 Å². The fraction of sp³-hybridized carbons (Fsp3) is 0.409. The summed E-state index contributed by atoms with van der Waals surface area (Å²) in [4.78, 5) is 44.4. The maximum Gasteiger partial charge on any atom is 0.407 e. The van der Waals surface area contributed by atoms with Crippen molar-refractivity contribution in [3.63, 3.8) is 0 Å². The number of carbonyl (C=O) groups is 3. The number of aliphatic carboxylic acids is 1. The minimum Gasteiger partial charge on any atom is -0.490 e. The minimum absolute atomic E-state index is 0.0443. The lowest BCUT2D eigenvalue weighted by Gasteiger charge is -2.39. The number of ether oxygens (including phenoxy) is 3. The topological polar surface area (TPSA) is 119 Å². The summed E-state index contributed by atoms with van der Waals surface area (Å²) in [6.07, 6.45) is 5.64. The molecule has 4 aromatic rings. The largest absolute Gasteiger partial charge is 0.490 e. The van der Waals surface area contributed by atoms with Crippen LogP contribution in [0.3, 0.4) is 0 Å². The number of carbonyl (C=O) groups excluding carboxylic acids is 2. The zero-order chi connectivity index (χ0) is 39.8. The van der Waals surface area contributed by atoms with Crippen molar-refractivity contribution >= 4 is 35.0 Å². The van der Waals surface area contributed by atoms with Gasteiger partial charge in [-0.15, -0.1) is 11.3 Å². The van der Waals surface area contributed by atoms with E-state index in [1.165, 1.54) is 23.5 Å². The molecule has 0 aliphatic carbocycles. The number of thiophene rings is 1. The van der Waals surface area contributed by atoms with Gasteiger partial charge in [0.2, 0.25) is 5.69 Å². The van der Waals surface area contributed by atoms with Crippen LogP contribution in [0.25, 0.3) is 26.4 Å². The van der Waals surface area contributed by atoms with Crippen LogP contribution in [0.15, 0.2) is 72.8 Å². The van der Waals surface area contributed by atoms with Gasteiger partial charge in [-0.3, -0.25) is 9.59 Å². The van der Waals surface area contributed by atoms with Crippen LogP contribution >= 0.6 is 11.3 Å². The number of carboxylic acids is 1. The molecular formula is C44H48FN3O7S. The molecule has 3 heterocycles. The van der Waals surface area contributed by atoms with Crippen LogP contribution in [0.5, 0.6) is 11.5 Å². The van der Waals surface area contributed by atoms with E-state index in [-0.39, 0.29) is 36.1 Å². The van der Waals surface area contributed by atoms with Crippen LogP contribution in [0.4, 0.5) is 14.9 Å². The van der Waals surface area contributed by atoms with Crippen LogP contribution in [-0.4, -0.2) is 58.3 Å². The standard InChI is InChI=1S/C44H48FN3O7S/c1-44(2,3)55-43(52)47-31-24-32-17-18-33(25-31)48(32)42(51)39-26-34(29-15-19-36(46-4)35(45)22-29)41(56-39)30-16-20-37(53-21-11-6-5-10-14-40(49)50)38(23-30)54-27-28-12-8-7-9-13-28/h7-9,12-13,15-16,19-20,22-23,26,31-33H,5-6,10-11,14,17-18,21,24-25,27H2,1-3H3,(H,47,52)(H,49,50). The first-order chi connectivity index (χ1) is 26.9. The summed E-state index contributed by atoms with van der Waals surface area (Å²) in [5.41, 5.74) is 2.24. The normalized spacial score (nSPS) is 17.6.